The maximum Gasteiger partial charge on any atom is 0.193 e. The quantitative estimate of drug-likeness (QED) is 0.797. The number of benzene rings is 2. The van der Waals surface area contributed by atoms with E-state index < -0.39 is 6.10 Å². The Bertz CT molecular complexity index is 593. The third-order valence-electron chi connectivity index (χ3n) is 3.17. The smallest absolute Gasteiger partial charge is 0.193 e. The maximum absolute atomic E-state index is 12.3. The van der Waals surface area contributed by atoms with Crippen LogP contribution in [0.4, 0.5) is 0 Å². The lowest BCUT2D eigenvalue weighted by molar-refractivity contribution is 0.0830. The number of carbonyl (C=O) groups excluding carboxylic acids is 1. The molecule has 0 fully saturated rings. The van der Waals surface area contributed by atoms with Crippen LogP contribution < -0.4 is 4.74 Å². The molecule has 0 aliphatic rings. The van der Waals surface area contributed by atoms with Crippen molar-refractivity contribution in [3.05, 3.63) is 65.7 Å². The van der Waals surface area contributed by atoms with Crippen LogP contribution in [-0.4, -0.2) is 49.1 Å². The molecule has 0 bridgehead atoms. The first kappa shape index (κ1) is 16.2. The van der Waals surface area contributed by atoms with Gasteiger partial charge in [0.2, 0.25) is 0 Å². The lowest BCUT2D eigenvalue weighted by Crippen LogP contribution is -2.30. The fraction of sp³-hybridized carbons (Fsp3) is 0.278. The highest BCUT2D eigenvalue weighted by Gasteiger charge is 2.09. The van der Waals surface area contributed by atoms with E-state index in [1.54, 1.807) is 36.4 Å². The van der Waals surface area contributed by atoms with E-state index >= 15 is 0 Å². The summed E-state index contributed by atoms with van der Waals surface area (Å²) >= 11 is 0. The summed E-state index contributed by atoms with van der Waals surface area (Å²) in [7, 11) is 3.79. The Hall–Kier alpha value is -2.17. The second kappa shape index (κ2) is 7.73. The monoisotopic (exact) mass is 299 g/mol. The van der Waals surface area contributed by atoms with Gasteiger partial charge in [0.1, 0.15) is 18.5 Å². The largest absolute Gasteiger partial charge is 0.491 e. The van der Waals surface area contributed by atoms with Gasteiger partial charge in [0.05, 0.1) is 0 Å². The molecule has 0 radical (unpaired) electrons. The summed E-state index contributed by atoms with van der Waals surface area (Å²) in [4.78, 5) is 14.2. The molecule has 0 saturated heterocycles. The Kier molecular flexibility index (Phi) is 5.69. The number of carbonyl (C=O) groups is 1. The second-order valence-electron chi connectivity index (χ2n) is 5.45. The highest BCUT2D eigenvalue weighted by Crippen LogP contribution is 2.15. The number of hydrogen-bond donors (Lipinski definition) is 1. The van der Waals surface area contributed by atoms with Crippen molar-refractivity contribution in [3.8, 4) is 5.75 Å². The average Bonchev–Trinajstić information content (AvgIpc) is 2.53. The summed E-state index contributed by atoms with van der Waals surface area (Å²) in [5, 5.41) is 9.75. The zero-order valence-electron chi connectivity index (χ0n) is 12.9. The lowest BCUT2D eigenvalue weighted by Gasteiger charge is -2.16. The highest BCUT2D eigenvalue weighted by atomic mass is 16.5. The standard InChI is InChI=1S/C18H21NO3/c1-19(2)12-16(20)13-22-17-10-8-15(9-11-17)18(21)14-6-4-3-5-7-14/h3-11,16,20H,12-13H2,1-2H3. The minimum atomic E-state index is -0.541. The molecule has 0 aliphatic carbocycles. The van der Waals surface area contributed by atoms with Crippen LogP contribution >= 0.6 is 0 Å². The van der Waals surface area contributed by atoms with Crippen molar-refractivity contribution in [2.45, 2.75) is 6.10 Å². The van der Waals surface area contributed by atoms with Gasteiger partial charge in [-0.25, -0.2) is 0 Å². The van der Waals surface area contributed by atoms with Crippen LogP contribution in [-0.2, 0) is 0 Å². The fourth-order valence-electron chi connectivity index (χ4n) is 2.13. The molecule has 2 aromatic rings. The van der Waals surface area contributed by atoms with Crippen molar-refractivity contribution >= 4 is 5.78 Å². The molecule has 0 aromatic heterocycles. The molecule has 1 unspecified atom stereocenters. The number of likely N-dealkylation sites (N-methyl/N-ethyl adjacent to an activating group) is 1. The summed E-state index contributed by atoms with van der Waals surface area (Å²) in [6, 6.07) is 16.1. The van der Waals surface area contributed by atoms with E-state index in [-0.39, 0.29) is 12.4 Å². The number of ether oxygens (including phenoxy) is 1. The van der Waals surface area contributed by atoms with Gasteiger partial charge in [-0.3, -0.25) is 4.79 Å². The van der Waals surface area contributed by atoms with Crippen LogP contribution in [0.5, 0.6) is 5.75 Å². The Morgan fingerprint density at radius 1 is 1.05 bits per heavy atom. The molecule has 0 spiro atoms. The third-order valence-corrected chi connectivity index (χ3v) is 3.17. The first-order chi connectivity index (χ1) is 10.6. The maximum atomic E-state index is 12.3. The van der Waals surface area contributed by atoms with E-state index in [2.05, 4.69) is 0 Å². The molecule has 116 valence electrons. The minimum absolute atomic E-state index is 0.0141. The van der Waals surface area contributed by atoms with Crippen molar-refractivity contribution in [2.24, 2.45) is 0 Å². The van der Waals surface area contributed by atoms with Crippen molar-refractivity contribution in [1.29, 1.82) is 0 Å². The van der Waals surface area contributed by atoms with Gasteiger partial charge in [-0.15, -0.1) is 0 Å². The second-order valence-corrected chi connectivity index (χ2v) is 5.45. The van der Waals surface area contributed by atoms with Crippen LogP contribution in [0.15, 0.2) is 54.6 Å². The number of rotatable bonds is 7. The van der Waals surface area contributed by atoms with Crippen LogP contribution in [0.3, 0.4) is 0 Å². The molecule has 0 saturated carbocycles. The highest BCUT2D eigenvalue weighted by molar-refractivity contribution is 6.08. The lowest BCUT2D eigenvalue weighted by atomic mass is 10.0. The van der Waals surface area contributed by atoms with Crippen LogP contribution in [0.1, 0.15) is 15.9 Å². The van der Waals surface area contributed by atoms with E-state index in [9.17, 15) is 9.90 Å². The van der Waals surface area contributed by atoms with E-state index in [0.717, 1.165) is 0 Å². The third kappa shape index (κ3) is 4.69. The molecule has 0 heterocycles. The normalized spacial score (nSPS) is 12.2. The van der Waals surface area contributed by atoms with Crippen LogP contribution in [0.25, 0.3) is 0 Å². The van der Waals surface area contributed by atoms with E-state index in [1.807, 2.05) is 37.2 Å². The van der Waals surface area contributed by atoms with Crippen molar-refractivity contribution in [2.75, 3.05) is 27.2 Å². The SMILES string of the molecule is CN(C)CC(O)COc1ccc(C(=O)c2ccccc2)cc1. The molecule has 0 aliphatic heterocycles. The van der Waals surface area contributed by atoms with Gasteiger partial charge in [0, 0.05) is 17.7 Å². The van der Waals surface area contributed by atoms with Gasteiger partial charge in [0.25, 0.3) is 0 Å². The molecular formula is C18H21NO3. The first-order valence-corrected chi connectivity index (χ1v) is 7.21. The Labute approximate surface area is 131 Å². The number of hydrogen-bond acceptors (Lipinski definition) is 4. The van der Waals surface area contributed by atoms with Gasteiger partial charge in [-0.2, -0.15) is 0 Å². The minimum Gasteiger partial charge on any atom is -0.491 e. The first-order valence-electron chi connectivity index (χ1n) is 7.21. The summed E-state index contributed by atoms with van der Waals surface area (Å²) < 4.78 is 5.52. The summed E-state index contributed by atoms with van der Waals surface area (Å²) in [5.74, 6) is 0.627. The molecule has 0 amide bonds. The molecule has 4 nitrogen and oxygen atoms in total. The summed E-state index contributed by atoms with van der Waals surface area (Å²) in [6.45, 7) is 0.773. The number of nitrogens with zero attached hydrogens (tertiary/aromatic N) is 1. The number of aliphatic hydroxyl groups excluding tert-OH is 1. The number of aliphatic hydroxyl groups is 1. The van der Waals surface area contributed by atoms with E-state index in [4.69, 9.17) is 4.74 Å². The van der Waals surface area contributed by atoms with Gasteiger partial charge in [-0.05, 0) is 38.4 Å². The van der Waals surface area contributed by atoms with Crippen LogP contribution in [0.2, 0.25) is 0 Å². The molecule has 1 atom stereocenters. The van der Waals surface area contributed by atoms with Crippen molar-refractivity contribution in [1.82, 2.24) is 4.90 Å². The topological polar surface area (TPSA) is 49.8 Å². The van der Waals surface area contributed by atoms with Gasteiger partial charge in [0.15, 0.2) is 5.78 Å². The summed E-state index contributed by atoms with van der Waals surface area (Å²) in [5.41, 5.74) is 1.28. The molecular weight excluding hydrogens is 278 g/mol. The zero-order valence-corrected chi connectivity index (χ0v) is 12.9. The molecule has 1 N–H and O–H groups in total. The van der Waals surface area contributed by atoms with Crippen molar-refractivity contribution in [3.63, 3.8) is 0 Å². The fourth-order valence-corrected chi connectivity index (χ4v) is 2.13. The molecule has 2 aromatic carbocycles. The molecule has 2 rings (SSSR count). The van der Waals surface area contributed by atoms with E-state index in [1.165, 1.54) is 0 Å². The predicted octanol–water partition coefficient (Wildman–Crippen LogP) is 2.22. The van der Waals surface area contributed by atoms with Crippen LogP contribution in [0, 0.1) is 0 Å². The predicted molar refractivity (Wildman–Crippen MR) is 86.4 cm³/mol. The Morgan fingerprint density at radius 2 is 1.64 bits per heavy atom. The molecule has 4 heteroatoms. The van der Waals surface area contributed by atoms with E-state index in [0.29, 0.717) is 23.4 Å². The molecule has 22 heavy (non-hydrogen) atoms. The average molecular weight is 299 g/mol. The van der Waals surface area contributed by atoms with Gasteiger partial charge >= 0.3 is 0 Å². The zero-order chi connectivity index (χ0) is 15.9. The van der Waals surface area contributed by atoms with Gasteiger partial charge in [-0.1, -0.05) is 30.3 Å². The van der Waals surface area contributed by atoms with Gasteiger partial charge < -0.3 is 14.7 Å². The Morgan fingerprint density at radius 3 is 2.23 bits per heavy atom. The Balaban J connectivity index is 1.94. The van der Waals surface area contributed by atoms with Crippen molar-refractivity contribution < 1.29 is 14.6 Å². The number of ketones is 1. The summed E-state index contributed by atoms with van der Waals surface area (Å²) in [6.07, 6.45) is -0.541.